The molecule has 0 amide bonds. The van der Waals surface area contributed by atoms with E-state index in [-0.39, 0.29) is 22.0 Å². The van der Waals surface area contributed by atoms with E-state index < -0.39 is 15.8 Å². The number of nitrogens with one attached hydrogen (secondary N) is 1. The predicted octanol–water partition coefficient (Wildman–Crippen LogP) is 2.53. The Morgan fingerprint density at radius 3 is 2.43 bits per heavy atom. The number of aryl methyl sites for hydroxylation is 3. The third kappa shape index (κ3) is 3.30. The maximum absolute atomic E-state index is 13.3. The van der Waals surface area contributed by atoms with Gasteiger partial charge in [0.25, 0.3) is 10.0 Å². The first kappa shape index (κ1) is 15.2. The average Bonchev–Trinajstić information content (AvgIpc) is 2.31. The van der Waals surface area contributed by atoms with Crippen molar-refractivity contribution in [1.29, 1.82) is 0 Å². The van der Waals surface area contributed by atoms with Crippen LogP contribution in [0.5, 0.6) is 0 Å². The summed E-state index contributed by atoms with van der Waals surface area (Å²) >= 11 is 0. The Kier molecular flexibility index (Phi) is 3.87. The number of anilines is 2. The highest BCUT2D eigenvalue weighted by atomic mass is 32.2. The maximum atomic E-state index is 13.3. The summed E-state index contributed by atoms with van der Waals surface area (Å²) in [5.41, 5.74) is 7.09. The van der Waals surface area contributed by atoms with E-state index >= 15 is 0 Å². The number of hydrogen-bond acceptors (Lipinski definition) is 4. The molecule has 21 heavy (non-hydrogen) atoms. The lowest BCUT2D eigenvalue weighted by Gasteiger charge is -2.12. The molecule has 0 unspecified atom stereocenters. The van der Waals surface area contributed by atoms with Crippen LogP contribution in [-0.2, 0) is 10.0 Å². The van der Waals surface area contributed by atoms with Crippen molar-refractivity contribution >= 4 is 21.5 Å². The first-order chi connectivity index (χ1) is 9.69. The molecule has 3 N–H and O–H groups in total. The summed E-state index contributed by atoms with van der Waals surface area (Å²) in [7, 11) is -3.88. The lowest BCUT2D eigenvalue weighted by Crippen LogP contribution is -2.16. The standard InChI is InChI=1S/C14H16FN3O2S/c1-8-4-10(3)17-14(5-8)18-21(19,20)13-7-12(16)11(15)6-9(13)2/h4-7H,16H2,1-3H3,(H,17,18). The van der Waals surface area contributed by atoms with Gasteiger partial charge < -0.3 is 5.73 Å². The van der Waals surface area contributed by atoms with Crippen molar-refractivity contribution in [3.8, 4) is 0 Å². The maximum Gasteiger partial charge on any atom is 0.263 e. The molecule has 1 aromatic carbocycles. The van der Waals surface area contributed by atoms with Gasteiger partial charge >= 0.3 is 0 Å². The summed E-state index contributed by atoms with van der Waals surface area (Å²) in [4.78, 5) is 4.05. The quantitative estimate of drug-likeness (QED) is 0.853. The molecule has 0 radical (unpaired) electrons. The minimum absolute atomic E-state index is 0.0673. The van der Waals surface area contributed by atoms with E-state index in [2.05, 4.69) is 9.71 Å². The summed E-state index contributed by atoms with van der Waals surface area (Å²) < 4.78 is 40.5. The molecule has 1 aromatic heterocycles. The molecule has 2 rings (SSSR count). The number of sulfonamides is 1. The van der Waals surface area contributed by atoms with E-state index in [4.69, 9.17) is 5.73 Å². The van der Waals surface area contributed by atoms with Crippen LogP contribution >= 0.6 is 0 Å². The van der Waals surface area contributed by atoms with Gasteiger partial charge in [-0.25, -0.2) is 17.8 Å². The van der Waals surface area contributed by atoms with Gasteiger partial charge in [-0.2, -0.15) is 0 Å². The molecule has 0 atom stereocenters. The molecule has 0 aliphatic carbocycles. The molecular weight excluding hydrogens is 293 g/mol. The Bertz CT molecular complexity index is 784. The van der Waals surface area contributed by atoms with Crippen molar-refractivity contribution < 1.29 is 12.8 Å². The second-order valence-electron chi connectivity index (χ2n) is 4.92. The Morgan fingerprint density at radius 2 is 1.81 bits per heavy atom. The van der Waals surface area contributed by atoms with Gasteiger partial charge in [-0.05, 0) is 56.2 Å². The Hall–Kier alpha value is -2.15. The van der Waals surface area contributed by atoms with Gasteiger partial charge in [0.15, 0.2) is 0 Å². The Labute approximate surface area is 123 Å². The van der Waals surface area contributed by atoms with Crippen LogP contribution in [0.1, 0.15) is 16.8 Å². The molecule has 2 aromatic rings. The first-order valence-electron chi connectivity index (χ1n) is 6.23. The fraction of sp³-hybridized carbons (Fsp3) is 0.214. The molecule has 0 fully saturated rings. The van der Waals surface area contributed by atoms with E-state index in [0.29, 0.717) is 5.69 Å². The lowest BCUT2D eigenvalue weighted by atomic mass is 10.2. The van der Waals surface area contributed by atoms with Crippen LogP contribution in [0.4, 0.5) is 15.9 Å². The number of nitrogens with two attached hydrogens (primary N) is 1. The fourth-order valence-electron chi connectivity index (χ4n) is 2.04. The van der Waals surface area contributed by atoms with Gasteiger partial charge in [0, 0.05) is 5.69 Å². The highest BCUT2D eigenvalue weighted by molar-refractivity contribution is 7.92. The van der Waals surface area contributed by atoms with E-state index in [0.717, 1.165) is 17.7 Å². The molecule has 112 valence electrons. The molecule has 0 bridgehead atoms. The first-order valence-corrected chi connectivity index (χ1v) is 7.71. The van der Waals surface area contributed by atoms with Crippen LogP contribution < -0.4 is 10.5 Å². The average molecular weight is 309 g/mol. The number of nitrogen functional groups attached to an aromatic ring is 1. The van der Waals surface area contributed by atoms with Crippen molar-refractivity contribution in [3.63, 3.8) is 0 Å². The van der Waals surface area contributed by atoms with Crippen molar-refractivity contribution in [2.24, 2.45) is 0 Å². The topological polar surface area (TPSA) is 85.1 Å². The number of hydrogen-bond donors (Lipinski definition) is 2. The smallest absolute Gasteiger partial charge is 0.263 e. The highest BCUT2D eigenvalue weighted by Gasteiger charge is 2.19. The predicted molar refractivity (Wildman–Crippen MR) is 80.1 cm³/mol. The second-order valence-corrected chi connectivity index (χ2v) is 6.57. The zero-order chi connectivity index (χ0) is 15.8. The van der Waals surface area contributed by atoms with Gasteiger partial charge in [0.1, 0.15) is 11.6 Å². The molecule has 1 heterocycles. The molecule has 5 nitrogen and oxygen atoms in total. The molecule has 7 heteroatoms. The normalized spacial score (nSPS) is 11.4. The number of benzene rings is 1. The largest absolute Gasteiger partial charge is 0.396 e. The van der Waals surface area contributed by atoms with Crippen LogP contribution in [0.3, 0.4) is 0 Å². The van der Waals surface area contributed by atoms with Crippen molar-refractivity contribution in [3.05, 3.63) is 46.9 Å². The van der Waals surface area contributed by atoms with Crippen LogP contribution in [0, 0.1) is 26.6 Å². The molecule has 0 saturated heterocycles. The number of halogens is 1. The SMILES string of the molecule is Cc1cc(C)nc(NS(=O)(=O)c2cc(N)c(F)cc2C)c1. The monoisotopic (exact) mass is 309 g/mol. The minimum atomic E-state index is -3.88. The number of rotatable bonds is 3. The third-order valence-electron chi connectivity index (χ3n) is 2.92. The van der Waals surface area contributed by atoms with E-state index in [9.17, 15) is 12.8 Å². The van der Waals surface area contributed by atoms with Crippen molar-refractivity contribution in [2.45, 2.75) is 25.7 Å². The van der Waals surface area contributed by atoms with Crippen LogP contribution in [0.25, 0.3) is 0 Å². The second kappa shape index (κ2) is 5.33. The van der Waals surface area contributed by atoms with E-state index in [1.54, 1.807) is 13.0 Å². The zero-order valence-corrected chi connectivity index (χ0v) is 12.8. The summed E-state index contributed by atoms with van der Waals surface area (Å²) in [5.74, 6) is -0.425. The Morgan fingerprint density at radius 1 is 1.14 bits per heavy atom. The molecule has 0 spiro atoms. The van der Waals surface area contributed by atoms with Crippen molar-refractivity contribution in [1.82, 2.24) is 4.98 Å². The summed E-state index contributed by atoms with van der Waals surface area (Å²) in [5, 5.41) is 0. The minimum Gasteiger partial charge on any atom is -0.396 e. The molecule has 0 saturated carbocycles. The van der Waals surface area contributed by atoms with Crippen LogP contribution in [0.2, 0.25) is 0 Å². The van der Waals surface area contributed by atoms with Gasteiger partial charge in [0.2, 0.25) is 0 Å². The molecule has 0 aliphatic rings. The van der Waals surface area contributed by atoms with E-state index in [1.807, 2.05) is 13.0 Å². The fourth-order valence-corrected chi connectivity index (χ4v) is 3.30. The third-order valence-corrected chi connectivity index (χ3v) is 4.42. The highest BCUT2D eigenvalue weighted by Crippen LogP contribution is 2.23. The lowest BCUT2D eigenvalue weighted by molar-refractivity contribution is 0.599. The van der Waals surface area contributed by atoms with E-state index in [1.165, 1.54) is 6.92 Å². The molecule has 0 aliphatic heterocycles. The summed E-state index contributed by atoms with van der Waals surface area (Å²) in [6, 6.07) is 5.65. The zero-order valence-electron chi connectivity index (χ0n) is 11.9. The number of nitrogens with zero attached hydrogens (tertiary/aromatic N) is 1. The number of aromatic nitrogens is 1. The van der Waals surface area contributed by atoms with Crippen LogP contribution in [0.15, 0.2) is 29.2 Å². The Balaban J connectivity index is 2.45. The summed E-state index contributed by atoms with van der Waals surface area (Å²) in [6.45, 7) is 5.12. The van der Waals surface area contributed by atoms with Gasteiger partial charge in [-0.15, -0.1) is 0 Å². The van der Waals surface area contributed by atoms with Gasteiger partial charge in [-0.1, -0.05) is 0 Å². The number of pyridine rings is 1. The van der Waals surface area contributed by atoms with Crippen molar-refractivity contribution in [2.75, 3.05) is 10.5 Å². The van der Waals surface area contributed by atoms with Crippen LogP contribution in [-0.4, -0.2) is 13.4 Å². The molecular formula is C14H16FN3O2S. The van der Waals surface area contributed by atoms with Gasteiger partial charge in [0.05, 0.1) is 10.6 Å². The summed E-state index contributed by atoms with van der Waals surface area (Å²) in [6.07, 6.45) is 0. The van der Waals surface area contributed by atoms with Gasteiger partial charge in [-0.3, -0.25) is 4.72 Å².